The highest BCUT2D eigenvalue weighted by Gasteiger charge is 2.15. The van der Waals surface area contributed by atoms with E-state index >= 15 is 0 Å². The Kier molecular flexibility index (Phi) is 3.59. The molecule has 0 aromatic heterocycles. The molecule has 74 valence electrons. The molecule has 1 rings (SSSR count). The molecular weight excluding hydrogens is 200 g/mol. The first kappa shape index (κ1) is 10.7. The van der Waals surface area contributed by atoms with Gasteiger partial charge in [-0.3, -0.25) is 0 Å². The van der Waals surface area contributed by atoms with Crippen LogP contribution in [0.15, 0.2) is 46.7 Å². The highest BCUT2D eigenvalue weighted by Crippen LogP contribution is 2.13. The van der Waals surface area contributed by atoms with Crippen LogP contribution in [0.2, 0.25) is 0 Å². The molecule has 4 heteroatoms. The molecule has 0 amide bonds. The molecule has 0 spiro atoms. The van der Waals surface area contributed by atoms with Gasteiger partial charge in [-0.15, -0.1) is 0 Å². The van der Waals surface area contributed by atoms with Gasteiger partial charge in [-0.1, -0.05) is 24.8 Å². The normalized spacial score (nSPS) is 11.8. The average molecular weight is 210 g/mol. The summed E-state index contributed by atoms with van der Waals surface area (Å²) in [6, 6.07) is 8.64. The third-order valence-corrected chi connectivity index (χ3v) is 2.91. The van der Waals surface area contributed by atoms with E-state index < -0.39 is 16.8 Å². The topological polar surface area (TPSA) is 43.4 Å². The van der Waals surface area contributed by atoms with Crippen molar-refractivity contribution in [3.05, 3.63) is 41.8 Å². The van der Waals surface area contributed by atoms with E-state index in [9.17, 15) is 9.00 Å². The fourth-order valence-corrected chi connectivity index (χ4v) is 1.80. The lowest BCUT2D eigenvalue weighted by atomic mass is 10.4. The Morgan fingerprint density at radius 3 is 2.43 bits per heavy atom. The molecule has 1 aromatic carbocycles. The fraction of sp³-hybridized carbons (Fsp3) is 0.100. The van der Waals surface area contributed by atoms with E-state index in [2.05, 4.69) is 11.3 Å². The van der Waals surface area contributed by atoms with Crippen LogP contribution in [0.4, 0.5) is 0 Å². The first-order chi connectivity index (χ1) is 6.66. The SMILES string of the molecule is C=C(C(=O)OC)S(=O)c1ccccc1. The van der Waals surface area contributed by atoms with E-state index in [-0.39, 0.29) is 4.91 Å². The zero-order valence-corrected chi connectivity index (χ0v) is 8.54. The Bertz CT molecular complexity index is 370. The quantitative estimate of drug-likeness (QED) is 0.560. The fourth-order valence-electron chi connectivity index (χ4n) is 0.876. The van der Waals surface area contributed by atoms with E-state index in [1.54, 1.807) is 24.3 Å². The number of hydrogen-bond donors (Lipinski definition) is 0. The van der Waals surface area contributed by atoms with E-state index in [4.69, 9.17) is 0 Å². The van der Waals surface area contributed by atoms with Crippen molar-refractivity contribution in [1.29, 1.82) is 0 Å². The number of ether oxygens (including phenoxy) is 1. The number of carbonyl (C=O) groups excluding carboxylic acids is 1. The van der Waals surface area contributed by atoms with Crippen molar-refractivity contribution in [1.82, 2.24) is 0 Å². The van der Waals surface area contributed by atoms with Crippen LogP contribution in [-0.4, -0.2) is 17.3 Å². The van der Waals surface area contributed by atoms with Gasteiger partial charge in [0.2, 0.25) is 0 Å². The summed E-state index contributed by atoms with van der Waals surface area (Å²) in [5, 5.41) is 0. The highest BCUT2D eigenvalue weighted by molar-refractivity contribution is 7.90. The molecule has 0 fully saturated rings. The van der Waals surface area contributed by atoms with Gasteiger partial charge in [0, 0.05) is 4.90 Å². The van der Waals surface area contributed by atoms with Gasteiger partial charge in [0.25, 0.3) is 0 Å². The van der Waals surface area contributed by atoms with Crippen molar-refractivity contribution >= 4 is 16.8 Å². The Labute approximate surface area is 84.9 Å². The Balaban J connectivity index is 2.87. The van der Waals surface area contributed by atoms with Crippen molar-refractivity contribution in [2.45, 2.75) is 4.90 Å². The summed E-state index contributed by atoms with van der Waals surface area (Å²) in [6.07, 6.45) is 0. The maximum absolute atomic E-state index is 11.7. The number of benzene rings is 1. The molecule has 0 heterocycles. The van der Waals surface area contributed by atoms with Crippen molar-refractivity contribution in [3.8, 4) is 0 Å². The zero-order chi connectivity index (χ0) is 10.6. The van der Waals surface area contributed by atoms with Crippen LogP contribution in [-0.2, 0) is 20.3 Å². The van der Waals surface area contributed by atoms with Crippen LogP contribution in [0.3, 0.4) is 0 Å². The van der Waals surface area contributed by atoms with Crippen molar-refractivity contribution in [3.63, 3.8) is 0 Å². The van der Waals surface area contributed by atoms with Crippen LogP contribution >= 0.6 is 0 Å². The summed E-state index contributed by atoms with van der Waals surface area (Å²) in [5.74, 6) is -0.646. The molecule has 1 atom stereocenters. The average Bonchev–Trinajstić information content (AvgIpc) is 2.27. The maximum atomic E-state index is 11.7. The number of hydrogen-bond acceptors (Lipinski definition) is 3. The summed E-state index contributed by atoms with van der Waals surface area (Å²) < 4.78 is 16.1. The molecule has 1 unspecified atom stereocenters. The van der Waals surface area contributed by atoms with E-state index in [0.717, 1.165) is 0 Å². The molecule has 3 nitrogen and oxygen atoms in total. The van der Waals surface area contributed by atoms with E-state index in [0.29, 0.717) is 4.90 Å². The predicted molar refractivity (Wildman–Crippen MR) is 54.0 cm³/mol. The molecule has 0 aliphatic heterocycles. The largest absolute Gasteiger partial charge is 0.465 e. The van der Waals surface area contributed by atoms with Gasteiger partial charge >= 0.3 is 5.97 Å². The second kappa shape index (κ2) is 4.72. The van der Waals surface area contributed by atoms with Crippen LogP contribution in [0.1, 0.15) is 0 Å². The predicted octanol–water partition coefficient (Wildman–Crippen LogP) is 1.48. The van der Waals surface area contributed by atoms with Gasteiger partial charge in [-0.05, 0) is 12.1 Å². The Morgan fingerprint density at radius 2 is 1.93 bits per heavy atom. The summed E-state index contributed by atoms with van der Waals surface area (Å²) in [7, 11) is -0.295. The number of esters is 1. The van der Waals surface area contributed by atoms with Crippen LogP contribution < -0.4 is 0 Å². The van der Waals surface area contributed by atoms with Gasteiger partial charge in [-0.2, -0.15) is 0 Å². The zero-order valence-electron chi connectivity index (χ0n) is 7.73. The van der Waals surface area contributed by atoms with Gasteiger partial charge in [-0.25, -0.2) is 9.00 Å². The lowest BCUT2D eigenvalue weighted by molar-refractivity contribution is -0.135. The molecule has 0 saturated heterocycles. The first-order valence-electron chi connectivity index (χ1n) is 3.91. The van der Waals surface area contributed by atoms with Gasteiger partial charge in [0.15, 0.2) is 0 Å². The summed E-state index contributed by atoms with van der Waals surface area (Å²) in [6.45, 7) is 3.43. The molecule has 14 heavy (non-hydrogen) atoms. The third kappa shape index (κ3) is 2.29. The van der Waals surface area contributed by atoms with E-state index in [1.165, 1.54) is 7.11 Å². The minimum atomic E-state index is -1.53. The summed E-state index contributed by atoms with van der Waals surface area (Å²) in [5.41, 5.74) is 0. The van der Waals surface area contributed by atoms with Crippen LogP contribution in [0, 0.1) is 0 Å². The third-order valence-electron chi connectivity index (χ3n) is 1.59. The van der Waals surface area contributed by atoms with Gasteiger partial charge in [0.05, 0.1) is 17.9 Å². The van der Waals surface area contributed by atoms with Crippen molar-refractivity contribution in [2.75, 3.05) is 7.11 Å². The number of rotatable bonds is 3. The first-order valence-corrected chi connectivity index (χ1v) is 5.06. The molecular formula is C10H10O3S. The standard InChI is InChI=1S/C10H10O3S/c1-8(10(11)13-2)14(12)9-6-4-3-5-7-9/h3-7H,1H2,2H3. The highest BCUT2D eigenvalue weighted by atomic mass is 32.2. The lowest BCUT2D eigenvalue weighted by Crippen LogP contribution is -2.08. The maximum Gasteiger partial charge on any atom is 0.346 e. The second-order valence-electron chi connectivity index (χ2n) is 2.50. The molecule has 0 aliphatic rings. The summed E-state index contributed by atoms with van der Waals surface area (Å²) >= 11 is 0. The Hall–Kier alpha value is -1.42. The minimum Gasteiger partial charge on any atom is -0.465 e. The molecule has 1 aromatic rings. The second-order valence-corrected chi connectivity index (χ2v) is 4.00. The molecule has 0 bridgehead atoms. The van der Waals surface area contributed by atoms with Gasteiger partial charge < -0.3 is 4.74 Å². The minimum absolute atomic E-state index is 0.0429. The monoisotopic (exact) mass is 210 g/mol. The smallest absolute Gasteiger partial charge is 0.346 e. The number of methoxy groups -OCH3 is 1. The Morgan fingerprint density at radius 1 is 1.36 bits per heavy atom. The molecule has 0 N–H and O–H groups in total. The number of carbonyl (C=O) groups is 1. The molecule has 0 aliphatic carbocycles. The van der Waals surface area contributed by atoms with Crippen LogP contribution in [0.5, 0.6) is 0 Å². The van der Waals surface area contributed by atoms with Gasteiger partial charge in [0.1, 0.15) is 4.91 Å². The molecule has 0 saturated carbocycles. The molecule has 0 radical (unpaired) electrons. The van der Waals surface area contributed by atoms with Crippen LogP contribution in [0.25, 0.3) is 0 Å². The lowest BCUT2D eigenvalue weighted by Gasteiger charge is -2.02. The van der Waals surface area contributed by atoms with E-state index in [1.807, 2.05) is 6.07 Å². The summed E-state index contributed by atoms with van der Waals surface area (Å²) in [4.78, 5) is 11.5. The van der Waals surface area contributed by atoms with Crippen molar-refractivity contribution in [2.24, 2.45) is 0 Å². The van der Waals surface area contributed by atoms with Crippen molar-refractivity contribution < 1.29 is 13.7 Å².